The number of furan rings is 1. The van der Waals surface area contributed by atoms with Crippen LogP contribution < -0.4 is 10.6 Å². The first-order valence-electron chi connectivity index (χ1n) is 9.79. The molecule has 0 radical (unpaired) electrons. The molecule has 3 amide bonds. The number of rotatable bonds is 4. The van der Waals surface area contributed by atoms with Crippen LogP contribution in [-0.4, -0.2) is 35.7 Å². The summed E-state index contributed by atoms with van der Waals surface area (Å²) in [5, 5.41) is 5.65. The summed E-state index contributed by atoms with van der Waals surface area (Å²) in [7, 11) is 0. The Morgan fingerprint density at radius 2 is 1.55 bits per heavy atom. The Bertz CT molecular complexity index is 858. The second kappa shape index (κ2) is 8.51. The molecule has 3 rings (SSSR count). The number of amides is 3. The van der Waals surface area contributed by atoms with Gasteiger partial charge >= 0.3 is 0 Å². The van der Waals surface area contributed by atoms with Gasteiger partial charge in [0.05, 0.1) is 6.26 Å². The maximum absolute atomic E-state index is 12.6. The molecule has 1 aliphatic rings. The molecule has 0 spiro atoms. The highest BCUT2D eigenvalue weighted by Gasteiger charge is 2.32. The lowest BCUT2D eigenvalue weighted by atomic mass is 9.90. The Hall–Kier alpha value is -3.09. The largest absolute Gasteiger partial charge is 0.459 e. The quantitative estimate of drug-likeness (QED) is 0.822. The van der Waals surface area contributed by atoms with Crippen LogP contribution in [0.5, 0.6) is 0 Å². The zero-order valence-electron chi connectivity index (χ0n) is 17.0. The minimum Gasteiger partial charge on any atom is -0.459 e. The molecular formula is C22H27N3O4. The molecule has 1 fully saturated rings. The molecule has 0 atom stereocenters. The lowest BCUT2D eigenvalue weighted by Crippen LogP contribution is -2.45. The molecule has 2 aromatic rings. The topological polar surface area (TPSA) is 91.7 Å². The van der Waals surface area contributed by atoms with E-state index in [-0.39, 0.29) is 29.4 Å². The van der Waals surface area contributed by atoms with Crippen molar-refractivity contribution >= 4 is 29.1 Å². The molecule has 7 nitrogen and oxygen atoms in total. The van der Waals surface area contributed by atoms with E-state index in [2.05, 4.69) is 10.6 Å². The molecule has 0 unspecified atom stereocenters. The Morgan fingerprint density at radius 3 is 2.07 bits per heavy atom. The Labute approximate surface area is 170 Å². The summed E-state index contributed by atoms with van der Waals surface area (Å²) >= 11 is 0. The fraction of sp³-hybridized carbons (Fsp3) is 0.409. The predicted molar refractivity (Wildman–Crippen MR) is 110 cm³/mol. The highest BCUT2D eigenvalue weighted by molar-refractivity contribution is 6.02. The third-order valence-corrected chi connectivity index (χ3v) is 4.95. The summed E-state index contributed by atoms with van der Waals surface area (Å²) in [5.41, 5.74) is 0.876. The van der Waals surface area contributed by atoms with Gasteiger partial charge in [-0.25, -0.2) is 0 Å². The Morgan fingerprint density at radius 1 is 0.966 bits per heavy atom. The van der Waals surface area contributed by atoms with Crippen LogP contribution in [0.4, 0.5) is 11.4 Å². The molecule has 0 bridgehead atoms. The minimum absolute atomic E-state index is 0.0415. The van der Waals surface area contributed by atoms with Crippen molar-refractivity contribution in [2.24, 2.45) is 11.3 Å². The number of benzene rings is 1. The van der Waals surface area contributed by atoms with Crippen molar-refractivity contribution in [3.63, 3.8) is 0 Å². The van der Waals surface area contributed by atoms with Crippen LogP contribution in [-0.2, 0) is 9.59 Å². The van der Waals surface area contributed by atoms with Crippen molar-refractivity contribution in [2.75, 3.05) is 23.7 Å². The molecule has 154 valence electrons. The van der Waals surface area contributed by atoms with Crippen LogP contribution in [0.25, 0.3) is 0 Å². The van der Waals surface area contributed by atoms with E-state index in [0.717, 1.165) is 0 Å². The summed E-state index contributed by atoms with van der Waals surface area (Å²) in [4.78, 5) is 38.7. The summed E-state index contributed by atoms with van der Waals surface area (Å²) in [6.45, 7) is 6.94. The predicted octanol–water partition coefficient (Wildman–Crippen LogP) is 3.76. The minimum atomic E-state index is -0.400. The molecule has 7 heteroatoms. The monoisotopic (exact) mass is 397 g/mol. The zero-order chi connectivity index (χ0) is 21.0. The summed E-state index contributed by atoms with van der Waals surface area (Å²) < 4.78 is 5.06. The van der Waals surface area contributed by atoms with Crippen LogP contribution in [0.2, 0.25) is 0 Å². The molecular weight excluding hydrogens is 370 g/mol. The van der Waals surface area contributed by atoms with Gasteiger partial charge in [-0.2, -0.15) is 0 Å². The second-order valence-electron chi connectivity index (χ2n) is 8.31. The Kier molecular flexibility index (Phi) is 6.06. The van der Waals surface area contributed by atoms with E-state index >= 15 is 0 Å². The maximum atomic E-state index is 12.6. The fourth-order valence-corrected chi connectivity index (χ4v) is 3.30. The maximum Gasteiger partial charge on any atom is 0.291 e. The normalized spacial score (nSPS) is 15.1. The number of nitrogens with one attached hydrogen (secondary N) is 2. The zero-order valence-corrected chi connectivity index (χ0v) is 17.0. The highest BCUT2D eigenvalue weighted by Crippen LogP contribution is 2.25. The van der Waals surface area contributed by atoms with Gasteiger partial charge in [-0.1, -0.05) is 20.8 Å². The lowest BCUT2D eigenvalue weighted by Gasteiger charge is -2.35. The first-order valence-corrected chi connectivity index (χ1v) is 9.79. The van der Waals surface area contributed by atoms with E-state index in [1.807, 2.05) is 25.7 Å². The molecule has 2 N–H and O–H groups in total. The first-order chi connectivity index (χ1) is 13.7. The first kappa shape index (κ1) is 20.6. The van der Waals surface area contributed by atoms with Crippen molar-refractivity contribution in [1.82, 2.24) is 4.90 Å². The standard InChI is InChI=1S/C22H27N3O4/c1-22(2,3)21(28)25-12-10-15(11-13-25)19(26)23-16-6-8-17(9-7-16)24-20(27)18-5-4-14-29-18/h4-9,14-15H,10-13H2,1-3H3,(H,23,26)(H,24,27). The number of likely N-dealkylation sites (tertiary alicyclic amines) is 1. The van der Waals surface area contributed by atoms with E-state index < -0.39 is 5.41 Å². The number of piperidine rings is 1. The van der Waals surface area contributed by atoms with Crippen molar-refractivity contribution in [1.29, 1.82) is 0 Å². The van der Waals surface area contributed by atoms with Crippen LogP contribution in [0, 0.1) is 11.3 Å². The van der Waals surface area contributed by atoms with Gasteiger partial charge in [0.2, 0.25) is 11.8 Å². The van der Waals surface area contributed by atoms with Crippen molar-refractivity contribution < 1.29 is 18.8 Å². The smallest absolute Gasteiger partial charge is 0.291 e. The van der Waals surface area contributed by atoms with Crippen LogP contribution in [0.3, 0.4) is 0 Å². The number of anilines is 2. The van der Waals surface area contributed by atoms with Crippen LogP contribution in [0.1, 0.15) is 44.2 Å². The molecule has 2 heterocycles. The second-order valence-corrected chi connectivity index (χ2v) is 8.31. The number of carbonyl (C=O) groups is 3. The molecule has 0 aliphatic carbocycles. The number of nitrogens with zero attached hydrogens (tertiary/aromatic N) is 1. The number of hydrogen-bond donors (Lipinski definition) is 2. The average Bonchev–Trinajstić information content (AvgIpc) is 3.23. The SMILES string of the molecule is CC(C)(C)C(=O)N1CCC(C(=O)Nc2ccc(NC(=O)c3ccco3)cc2)CC1. The van der Waals surface area contributed by atoms with Gasteiger partial charge in [-0.05, 0) is 49.2 Å². The van der Waals surface area contributed by atoms with Crippen molar-refractivity contribution in [2.45, 2.75) is 33.6 Å². The summed E-state index contributed by atoms with van der Waals surface area (Å²) in [5.74, 6) is -0.122. The lowest BCUT2D eigenvalue weighted by molar-refractivity contribution is -0.142. The van der Waals surface area contributed by atoms with Gasteiger partial charge in [-0.15, -0.1) is 0 Å². The summed E-state index contributed by atoms with van der Waals surface area (Å²) in [6.07, 6.45) is 2.76. The van der Waals surface area contributed by atoms with Crippen LogP contribution >= 0.6 is 0 Å². The van der Waals surface area contributed by atoms with Gasteiger partial charge in [0, 0.05) is 35.8 Å². The highest BCUT2D eigenvalue weighted by atomic mass is 16.3. The fourth-order valence-electron chi connectivity index (χ4n) is 3.30. The van der Waals surface area contributed by atoms with E-state index in [1.165, 1.54) is 6.26 Å². The number of carbonyl (C=O) groups excluding carboxylic acids is 3. The van der Waals surface area contributed by atoms with E-state index in [0.29, 0.717) is 37.3 Å². The van der Waals surface area contributed by atoms with Gasteiger partial charge in [0.1, 0.15) is 0 Å². The van der Waals surface area contributed by atoms with Gasteiger partial charge in [-0.3, -0.25) is 14.4 Å². The van der Waals surface area contributed by atoms with E-state index in [1.54, 1.807) is 36.4 Å². The van der Waals surface area contributed by atoms with Crippen molar-refractivity contribution in [3.05, 3.63) is 48.4 Å². The van der Waals surface area contributed by atoms with Gasteiger partial charge in [0.15, 0.2) is 5.76 Å². The summed E-state index contributed by atoms with van der Waals surface area (Å²) in [6, 6.07) is 10.2. The molecule has 29 heavy (non-hydrogen) atoms. The van der Waals surface area contributed by atoms with Crippen LogP contribution in [0.15, 0.2) is 47.1 Å². The average molecular weight is 397 g/mol. The Balaban J connectivity index is 1.50. The van der Waals surface area contributed by atoms with E-state index in [9.17, 15) is 14.4 Å². The molecule has 0 saturated carbocycles. The van der Waals surface area contributed by atoms with Crippen molar-refractivity contribution in [3.8, 4) is 0 Å². The number of hydrogen-bond acceptors (Lipinski definition) is 4. The molecule has 1 aliphatic heterocycles. The van der Waals surface area contributed by atoms with Gasteiger partial charge in [0.25, 0.3) is 5.91 Å². The van der Waals surface area contributed by atoms with E-state index in [4.69, 9.17) is 4.42 Å². The third kappa shape index (κ3) is 5.25. The molecule has 1 aromatic carbocycles. The molecule has 1 aromatic heterocycles. The van der Waals surface area contributed by atoms with Gasteiger partial charge < -0.3 is 20.0 Å². The third-order valence-electron chi connectivity index (χ3n) is 4.95. The molecule has 1 saturated heterocycles.